The Morgan fingerprint density at radius 3 is 2.38 bits per heavy atom. The molecule has 1 aromatic carbocycles. The first kappa shape index (κ1) is 16.6. The van der Waals surface area contributed by atoms with E-state index in [2.05, 4.69) is 13.2 Å². The summed E-state index contributed by atoms with van der Waals surface area (Å²) in [5.74, 6) is -0.0227. The van der Waals surface area contributed by atoms with Gasteiger partial charge < -0.3 is 4.74 Å². The van der Waals surface area contributed by atoms with Crippen molar-refractivity contribution >= 4 is 10.0 Å². The third-order valence-corrected chi connectivity index (χ3v) is 3.35. The average molecular weight is 310 g/mol. The first-order valence-corrected chi connectivity index (χ1v) is 7.21. The molecule has 0 atom stereocenters. The molecule has 7 nitrogen and oxygen atoms in total. The third-order valence-electron chi connectivity index (χ3n) is 2.42. The minimum atomic E-state index is -3.75. The highest BCUT2D eigenvalue weighted by molar-refractivity contribution is 7.89. The van der Waals surface area contributed by atoms with Gasteiger partial charge in [0, 0.05) is 0 Å². The standard InChI is InChI=1S/C13H14N2O5S/c1-3-4-13(10(2)15(16)17)20-9-11-5-7-12(8-6-11)21(14,18)19/h3-8H,1-2,9H2,(H2,14,18,19)/b13-4+. The molecule has 0 unspecified atom stereocenters. The quantitative estimate of drug-likeness (QED) is 0.356. The second-order valence-electron chi connectivity index (χ2n) is 3.95. The molecule has 1 aromatic rings. The zero-order valence-corrected chi connectivity index (χ0v) is 11.9. The Labute approximate surface area is 122 Å². The fourth-order valence-corrected chi connectivity index (χ4v) is 1.88. The number of nitrogens with zero attached hydrogens (tertiary/aromatic N) is 1. The normalized spacial score (nSPS) is 11.8. The largest absolute Gasteiger partial charge is 0.482 e. The SMILES string of the molecule is C=C/C=C(/OCc1ccc(S(N)(=O)=O)cc1)C(=C)[N+](=O)[O-]. The van der Waals surface area contributed by atoms with E-state index in [0.29, 0.717) is 5.56 Å². The Kier molecular flexibility index (Phi) is 5.39. The molecular formula is C13H14N2O5S. The molecule has 112 valence electrons. The molecule has 0 radical (unpaired) electrons. The van der Waals surface area contributed by atoms with Crippen LogP contribution in [0.2, 0.25) is 0 Å². The van der Waals surface area contributed by atoms with E-state index in [9.17, 15) is 18.5 Å². The van der Waals surface area contributed by atoms with Gasteiger partial charge in [-0.2, -0.15) is 0 Å². The highest BCUT2D eigenvalue weighted by atomic mass is 32.2. The molecule has 0 aliphatic carbocycles. The zero-order valence-electron chi connectivity index (χ0n) is 11.1. The molecule has 0 fully saturated rings. The van der Waals surface area contributed by atoms with Crippen molar-refractivity contribution in [1.29, 1.82) is 0 Å². The minimum absolute atomic E-state index is 0.0113. The van der Waals surface area contributed by atoms with E-state index >= 15 is 0 Å². The predicted octanol–water partition coefficient (Wildman–Crippen LogP) is 1.71. The van der Waals surface area contributed by atoms with Gasteiger partial charge in [-0.15, -0.1) is 0 Å². The first-order chi connectivity index (χ1) is 9.75. The van der Waals surface area contributed by atoms with Crippen LogP contribution in [0.1, 0.15) is 5.56 Å². The predicted molar refractivity (Wildman–Crippen MR) is 77.0 cm³/mol. The van der Waals surface area contributed by atoms with Crippen LogP contribution in [0.4, 0.5) is 0 Å². The maximum atomic E-state index is 11.1. The van der Waals surface area contributed by atoms with E-state index in [1.54, 1.807) is 0 Å². The number of allylic oxidation sites excluding steroid dienone is 2. The van der Waals surface area contributed by atoms with Crippen LogP contribution in [0.3, 0.4) is 0 Å². The summed E-state index contributed by atoms with van der Waals surface area (Å²) < 4.78 is 27.5. The van der Waals surface area contributed by atoms with E-state index in [1.807, 2.05) is 0 Å². The van der Waals surface area contributed by atoms with Crippen molar-refractivity contribution < 1.29 is 18.1 Å². The number of sulfonamides is 1. The van der Waals surface area contributed by atoms with E-state index in [4.69, 9.17) is 9.88 Å². The molecule has 0 saturated heterocycles. The van der Waals surface area contributed by atoms with Crippen molar-refractivity contribution in [3.63, 3.8) is 0 Å². The van der Waals surface area contributed by atoms with Crippen molar-refractivity contribution in [2.75, 3.05) is 0 Å². The van der Waals surface area contributed by atoms with Crippen molar-refractivity contribution in [2.24, 2.45) is 5.14 Å². The van der Waals surface area contributed by atoms with Crippen LogP contribution in [-0.2, 0) is 21.4 Å². The van der Waals surface area contributed by atoms with Gasteiger partial charge in [0.15, 0.2) is 5.76 Å². The van der Waals surface area contributed by atoms with Crippen LogP contribution in [-0.4, -0.2) is 13.3 Å². The summed E-state index contributed by atoms with van der Waals surface area (Å²) in [5, 5.41) is 15.6. The summed E-state index contributed by atoms with van der Waals surface area (Å²) in [5.41, 5.74) is 0.226. The maximum Gasteiger partial charge on any atom is 0.303 e. The molecule has 1 rings (SSSR count). The molecule has 0 aliphatic rings. The van der Waals surface area contributed by atoms with Gasteiger partial charge in [0.05, 0.1) is 9.82 Å². The summed E-state index contributed by atoms with van der Waals surface area (Å²) >= 11 is 0. The number of hydrogen-bond acceptors (Lipinski definition) is 5. The first-order valence-electron chi connectivity index (χ1n) is 5.66. The second-order valence-corrected chi connectivity index (χ2v) is 5.51. The monoisotopic (exact) mass is 310 g/mol. The zero-order chi connectivity index (χ0) is 16.0. The lowest BCUT2D eigenvalue weighted by molar-refractivity contribution is -0.423. The number of primary sulfonamides is 1. The second kappa shape index (κ2) is 6.82. The molecule has 0 bridgehead atoms. The summed E-state index contributed by atoms with van der Waals surface area (Å²) in [6, 6.07) is 5.65. The molecule has 0 spiro atoms. The smallest absolute Gasteiger partial charge is 0.303 e. The van der Waals surface area contributed by atoms with Gasteiger partial charge >= 0.3 is 5.70 Å². The van der Waals surface area contributed by atoms with Crippen molar-refractivity contribution in [1.82, 2.24) is 0 Å². The van der Waals surface area contributed by atoms with Crippen LogP contribution in [0.15, 0.2) is 65.9 Å². The summed E-state index contributed by atoms with van der Waals surface area (Å²) in [4.78, 5) is 9.96. The van der Waals surface area contributed by atoms with Crippen LogP contribution in [0.5, 0.6) is 0 Å². The molecule has 0 heterocycles. The number of benzene rings is 1. The number of nitro groups is 1. The number of hydrogen-bond donors (Lipinski definition) is 1. The molecule has 21 heavy (non-hydrogen) atoms. The number of rotatable bonds is 7. The average Bonchev–Trinajstić information content (AvgIpc) is 2.42. The molecule has 0 saturated carbocycles. The van der Waals surface area contributed by atoms with Crippen LogP contribution in [0.25, 0.3) is 0 Å². The molecule has 0 aromatic heterocycles. The highest BCUT2D eigenvalue weighted by Crippen LogP contribution is 2.15. The Morgan fingerprint density at radius 1 is 1.38 bits per heavy atom. The lowest BCUT2D eigenvalue weighted by Crippen LogP contribution is -2.12. The van der Waals surface area contributed by atoms with E-state index < -0.39 is 20.6 Å². The lowest BCUT2D eigenvalue weighted by Gasteiger charge is -2.08. The van der Waals surface area contributed by atoms with E-state index in [-0.39, 0.29) is 17.3 Å². The summed E-state index contributed by atoms with van der Waals surface area (Å²) in [6.07, 6.45) is 2.66. The Morgan fingerprint density at radius 2 is 1.95 bits per heavy atom. The highest BCUT2D eigenvalue weighted by Gasteiger charge is 2.15. The van der Waals surface area contributed by atoms with Gasteiger partial charge in [-0.05, 0) is 30.4 Å². The summed E-state index contributed by atoms with van der Waals surface area (Å²) in [7, 11) is -3.75. The molecule has 0 amide bonds. The van der Waals surface area contributed by atoms with Gasteiger partial charge in [0.1, 0.15) is 6.61 Å². The van der Waals surface area contributed by atoms with Crippen LogP contribution in [0, 0.1) is 10.1 Å². The van der Waals surface area contributed by atoms with Gasteiger partial charge in [0.25, 0.3) is 0 Å². The van der Waals surface area contributed by atoms with Gasteiger partial charge in [-0.3, -0.25) is 10.1 Å². The lowest BCUT2D eigenvalue weighted by atomic mass is 10.2. The van der Waals surface area contributed by atoms with E-state index in [1.165, 1.54) is 36.4 Å². The van der Waals surface area contributed by atoms with Crippen molar-refractivity contribution in [2.45, 2.75) is 11.5 Å². The van der Waals surface area contributed by atoms with Gasteiger partial charge in [-0.25, -0.2) is 13.6 Å². The fourth-order valence-electron chi connectivity index (χ4n) is 1.36. The van der Waals surface area contributed by atoms with Gasteiger partial charge in [0.2, 0.25) is 10.0 Å². The van der Waals surface area contributed by atoms with Crippen molar-refractivity contribution in [3.8, 4) is 0 Å². The summed E-state index contributed by atoms with van der Waals surface area (Å²) in [6.45, 7) is 6.74. The number of nitrogens with two attached hydrogens (primary N) is 1. The fraction of sp³-hybridized carbons (Fsp3) is 0.0769. The minimum Gasteiger partial charge on any atom is -0.482 e. The Bertz CT molecular complexity index is 690. The Hall–Kier alpha value is -2.45. The maximum absolute atomic E-state index is 11.1. The van der Waals surface area contributed by atoms with Crippen molar-refractivity contribution in [3.05, 3.63) is 76.7 Å². The molecular weight excluding hydrogens is 296 g/mol. The molecule has 8 heteroatoms. The van der Waals surface area contributed by atoms with E-state index in [0.717, 1.165) is 0 Å². The topological polar surface area (TPSA) is 113 Å². The number of ether oxygens (including phenoxy) is 1. The third kappa shape index (κ3) is 4.86. The molecule has 0 aliphatic heterocycles. The van der Waals surface area contributed by atoms with Crippen LogP contribution < -0.4 is 5.14 Å². The van der Waals surface area contributed by atoms with Crippen LogP contribution >= 0.6 is 0 Å². The molecule has 2 N–H and O–H groups in total. The Balaban J connectivity index is 2.82. The van der Waals surface area contributed by atoms with Gasteiger partial charge in [-0.1, -0.05) is 24.8 Å².